The third kappa shape index (κ3) is 5.33. The van der Waals surface area contributed by atoms with Gasteiger partial charge in [-0.3, -0.25) is 9.36 Å². The molecule has 0 aliphatic rings. The van der Waals surface area contributed by atoms with E-state index in [1.807, 2.05) is 48.9 Å². The Hall–Kier alpha value is -4.00. The first kappa shape index (κ1) is 20.3. The molecular weight excluding hydrogens is 390 g/mol. The molecule has 4 rings (SSSR count). The number of aromatic nitrogens is 4. The molecule has 1 N–H and O–H groups in total. The number of carbonyl (C=O) groups is 1. The standard InChI is InChI=1S/C24H23N5O2/c1-17-4-3-5-19(16-17)6-12-23(30)26-20-7-9-21(10-8-20)31-24-13-11-22(27-28-24)29-15-14-25-18(29)2/h3-5,7-11,13-16H,6,12H2,1-2H3,(H,26,30). The monoisotopic (exact) mass is 413 g/mol. The molecule has 156 valence electrons. The minimum absolute atomic E-state index is 0.0218. The van der Waals surface area contributed by atoms with Crippen molar-refractivity contribution in [2.75, 3.05) is 5.32 Å². The minimum atomic E-state index is -0.0218. The molecule has 0 aliphatic heterocycles. The lowest BCUT2D eigenvalue weighted by Crippen LogP contribution is -2.12. The molecule has 0 aliphatic carbocycles. The van der Waals surface area contributed by atoms with Crippen LogP contribution in [0.5, 0.6) is 11.6 Å². The number of benzene rings is 2. The number of ether oxygens (including phenoxy) is 1. The third-order valence-corrected chi connectivity index (χ3v) is 4.78. The van der Waals surface area contributed by atoms with Crippen LogP contribution in [0.3, 0.4) is 0 Å². The summed E-state index contributed by atoms with van der Waals surface area (Å²) in [5.74, 6) is 2.48. The number of amides is 1. The number of aryl methyl sites for hydroxylation is 3. The fourth-order valence-corrected chi connectivity index (χ4v) is 3.19. The fourth-order valence-electron chi connectivity index (χ4n) is 3.19. The Morgan fingerprint density at radius 2 is 1.87 bits per heavy atom. The number of imidazole rings is 1. The molecule has 0 spiro atoms. The largest absolute Gasteiger partial charge is 0.438 e. The summed E-state index contributed by atoms with van der Waals surface area (Å²) < 4.78 is 7.59. The molecular formula is C24H23N5O2. The Labute approximate surface area is 180 Å². The maximum Gasteiger partial charge on any atom is 0.238 e. The number of nitrogens with one attached hydrogen (secondary N) is 1. The van der Waals surface area contributed by atoms with Crippen molar-refractivity contribution in [1.29, 1.82) is 0 Å². The minimum Gasteiger partial charge on any atom is -0.438 e. The van der Waals surface area contributed by atoms with E-state index < -0.39 is 0 Å². The second-order valence-corrected chi connectivity index (χ2v) is 7.24. The van der Waals surface area contributed by atoms with Crippen LogP contribution in [0.2, 0.25) is 0 Å². The summed E-state index contributed by atoms with van der Waals surface area (Å²) >= 11 is 0. The van der Waals surface area contributed by atoms with Crippen molar-refractivity contribution in [3.05, 3.63) is 90.0 Å². The molecule has 2 aromatic heterocycles. The van der Waals surface area contributed by atoms with Gasteiger partial charge < -0.3 is 10.1 Å². The molecule has 0 atom stereocenters. The molecule has 0 bridgehead atoms. The lowest BCUT2D eigenvalue weighted by Gasteiger charge is -2.08. The summed E-state index contributed by atoms with van der Waals surface area (Å²) in [5, 5.41) is 11.2. The zero-order valence-electron chi connectivity index (χ0n) is 17.4. The van der Waals surface area contributed by atoms with Crippen LogP contribution in [-0.2, 0) is 11.2 Å². The predicted molar refractivity (Wildman–Crippen MR) is 119 cm³/mol. The number of rotatable bonds is 7. The Kier molecular flexibility index (Phi) is 6.03. The smallest absolute Gasteiger partial charge is 0.238 e. The zero-order valence-corrected chi connectivity index (χ0v) is 17.4. The van der Waals surface area contributed by atoms with E-state index in [0.717, 1.165) is 17.1 Å². The summed E-state index contributed by atoms with van der Waals surface area (Å²) in [6.07, 6.45) is 4.68. The summed E-state index contributed by atoms with van der Waals surface area (Å²) in [6, 6.07) is 18.9. The second kappa shape index (κ2) is 9.21. The summed E-state index contributed by atoms with van der Waals surface area (Å²) in [6.45, 7) is 3.95. The van der Waals surface area contributed by atoms with Gasteiger partial charge in [0.25, 0.3) is 0 Å². The van der Waals surface area contributed by atoms with E-state index in [1.165, 1.54) is 5.56 Å². The number of anilines is 1. The Morgan fingerprint density at radius 1 is 1.03 bits per heavy atom. The van der Waals surface area contributed by atoms with Gasteiger partial charge in [0.05, 0.1) is 0 Å². The van der Waals surface area contributed by atoms with Crippen LogP contribution in [0.1, 0.15) is 23.4 Å². The highest BCUT2D eigenvalue weighted by atomic mass is 16.5. The van der Waals surface area contributed by atoms with Crippen molar-refractivity contribution >= 4 is 11.6 Å². The SMILES string of the molecule is Cc1cccc(CCC(=O)Nc2ccc(Oc3ccc(-n4ccnc4C)nn3)cc2)c1. The molecule has 7 heteroatoms. The van der Waals surface area contributed by atoms with E-state index >= 15 is 0 Å². The van der Waals surface area contributed by atoms with Gasteiger partial charge in [0.1, 0.15) is 11.6 Å². The Morgan fingerprint density at radius 3 is 2.55 bits per heavy atom. The van der Waals surface area contributed by atoms with Crippen LogP contribution in [-0.4, -0.2) is 25.7 Å². The summed E-state index contributed by atoms with van der Waals surface area (Å²) in [4.78, 5) is 16.4. The van der Waals surface area contributed by atoms with Crippen molar-refractivity contribution in [2.45, 2.75) is 26.7 Å². The van der Waals surface area contributed by atoms with Crippen molar-refractivity contribution < 1.29 is 9.53 Å². The quantitative estimate of drug-likeness (QED) is 0.477. The van der Waals surface area contributed by atoms with E-state index in [2.05, 4.69) is 26.6 Å². The van der Waals surface area contributed by atoms with Gasteiger partial charge in [0.15, 0.2) is 5.82 Å². The van der Waals surface area contributed by atoms with Crippen LogP contribution in [0.15, 0.2) is 73.1 Å². The van der Waals surface area contributed by atoms with Gasteiger partial charge in [-0.05, 0) is 56.2 Å². The van der Waals surface area contributed by atoms with Gasteiger partial charge in [-0.15, -0.1) is 10.2 Å². The van der Waals surface area contributed by atoms with Gasteiger partial charge in [-0.2, -0.15) is 0 Å². The Bertz CT molecular complexity index is 1170. The van der Waals surface area contributed by atoms with E-state index in [-0.39, 0.29) is 5.91 Å². The molecule has 0 saturated carbocycles. The number of hydrogen-bond acceptors (Lipinski definition) is 5. The molecule has 2 heterocycles. The molecule has 4 aromatic rings. The fraction of sp³-hybridized carbons (Fsp3) is 0.167. The maximum atomic E-state index is 12.2. The molecule has 0 fully saturated rings. The van der Waals surface area contributed by atoms with Gasteiger partial charge in [-0.1, -0.05) is 29.8 Å². The highest BCUT2D eigenvalue weighted by molar-refractivity contribution is 5.90. The molecule has 0 unspecified atom stereocenters. The number of nitrogens with zero attached hydrogens (tertiary/aromatic N) is 4. The normalized spacial score (nSPS) is 10.6. The molecule has 7 nitrogen and oxygen atoms in total. The highest BCUT2D eigenvalue weighted by Gasteiger charge is 2.06. The van der Waals surface area contributed by atoms with Crippen molar-refractivity contribution in [3.8, 4) is 17.4 Å². The second-order valence-electron chi connectivity index (χ2n) is 7.24. The van der Waals surface area contributed by atoms with Crippen LogP contribution < -0.4 is 10.1 Å². The first-order valence-corrected chi connectivity index (χ1v) is 10.0. The van der Waals surface area contributed by atoms with Gasteiger partial charge in [0, 0.05) is 30.6 Å². The van der Waals surface area contributed by atoms with Gasteiger partial charge in [0.2, 0.25) is 11.8 Å². The van der Waals surface area contributed by atoms with Crippen LogP contribution >= 0.6 is 0 Å². The molecule has 2 aromatic carbocycles. The maximum absolute atomic E-state index is 12.2. The number of carbonyl (C=O) groups excluding carboxylic acids is 1. The van der Waals surface area contributed by atoms with Crippen LogP contribution in [0.25, 0.3) is 5.82 Å². The topological polar surface area (TPSA) is 81.9 Å². The average Bonchev–Trinajstić information content (AvgIpc) is 3.20. The van der Waals surface area contributed by atoms with Gasteiger partial charge in [-0.25, -0.2) is 4.98 Å². The van der Waals surface area contributed by atoms with Gasteiger partial charge >= 0.3 is 0 Å². The predicted octanol–water partition coefficient (Wildman–Crippen LogP) is 4.64. The molecule has 1 amide bonds. The highest BCUT2D eigenvalue weighted by Crippen LogP contribution is 2.22. The van der Waals surface area contributed by atoms with Crippen molar-refractivity contribution in [3.63, 3.8) is 0 Å². The lowest BCUT2D eigenvalue weighted by atomic mass is 10.1. The zero-order chi connectivity index (χ0) is 21.6. The van der Waals surface area contributed by atoms with E-state index in [4.69, 9.17) is 4.74 Å². The van der Waals surface area contributed by atoms with E-state index in [1.54, 1.807) is 36.5 Å². The summed E-state index contributed by atoms with van der Waals surface area (Å²) in [5.41, 5.74) is 3.08. The molecule has 0 radical (unpaired) electrons. The van der Waals surface area contributed by atoms with Crippen LogP contribution in [0, 0.1) is 13.8 Å². The average molecular weight is 413 g/mol. The number of hydrogen-bond donors (Lipinski definition) is 1. The third-order valence-electron chi connectivity index (χ3n) is 4.78. The summed E-state index contributed by atoms with van der Waals surface area (Å²) in [7, 11) is 0. The Balaban J connectivity index is 1.31. The van der Waals surface area contributed by atoms with Crippen LogP contribution in [0.4, 0.5) is 5.69 Å². The van der Waals surface area contributed by atoms with E-state index in [9.17, 15) is 4.79 Å². The molecule has 31 heavy (non-hydrogen) atoms. The first-order valence-electron chi connectivity index (χ1n) is 10.0. The first-order chi connectivity index (χ1) is 15.1. The molecule has 0 saturated heterocycles. The lowest BCUT2D eigenvalue weighted by molar-refractivity contribution is -0.116. The van der Waals surface area contributed by atoms with Crippen molar-refractivity contribution in [2.24, 2.45) is 0 Å². The van der Waals surface area contributed by atoms with E-state index in [0.29, 0.717) is 30.3 Å². The van der Waals surface area contributed by atoms with Crippen molar-refractivity contribution in [1.82, 2.24) is 19.7 Å².